The lowest BCUT2D eigenvalue weighted by Crippen LogP contribution is -2.15. The second kappa shape index (κ2) is 20.8. The van der Waals surface area contributed by atoms with Crippen molar-refractivity contribution in [2.75, 3.05) is 24.4 Å². The van der Waals surface area contributed by atoms with Gasteiger partial charge in [-0.2, -0.15) is 5.11 Å². The number of rotatable bonds is 12. The molecule has 0 heterocycles. The van der Waals surface area contributed by atoms with Crippen LogP contribution in [-0.2, 0) is 14.3 Å². The van der Waals surface area contributed by atoms with Crippen LogP contribution in [0.1, 0.15) is 44.3 Å². The van der Waals surface area contributed by atoms with Crippen LogP contribution in [0, 0.1) is 13.8 Å². The number of nitrogens with one attached hydrogen (secondary N) is 2. The first-order chi connectivity index (χ1) is 27.4. The van der Waals surface area contributed by atoms with E-state index in [0.29, 0.717) is 22.6 Å². The predicted octanol–water partition coefficient (Wildman–Crippen LogP) is 9.11. The zero-order valence-electron chi connectivity index (χ0n) is 31.5. The van der Waals surface area contributed by atoms with E-state index >= 15 is 0 Å². The van der Waals surface area contributed by atoms with Gasteiger partial charge < -0.3 is 30.7 Å². The van der Waals surface area contributed by atoms with Gasteiger partial charge in [-0.05, 0) is 69.3 Å². The van der Waals surface area contributed by atoms with Crippen molar-refractivity contribution >= 4 is 52.1 Å². The summed E-state index contributed by atoms with van der Waals surface area (Å²) in [6.45, 7) is 4.50. The predicted molar refractivity (Wildman–Crippen MR) is 216 cm³/mol. The number of ketones is 1. The van der Waals surface area contributed by atoms with Crippen LogP contribution in [0.5, 0.6) is 0 Å². The summed E-state index contributed by atoms with van der Waals surface area (Å²) in [7, 11) is 1.18. The lowest BCUT2D eigenvalue weighted by Gasteiger charge is -2.09. The van der Waals surface area contributed by atoms with Crippen LogP contribution in [0.2, 0.25) is 0 Å². The smallest absolute Gasteiger partial charge is 0.340 e. The molecule has 0 saturated carbocycles. The molecule has 14 heteroatoms. The molecule has 0 unspecified atom stereocenters. The van der Waals surface area contributed by atoms with Crippen molar-refractivity contribution < 1.29 is 39.2 Å². The fourth-order valence-electron chi connectivity index (χ4n) is 4.74. The minimum atomic E-state index is -0.750. The molecule has 0 fully saturated rings. The Hall–Kier alpha value is -7.58. The third kappa shape index (κ3) is 12.5. The van der Waals surface area contributed by atoms with Crippen LogP contribution in [0.4, 0.5) is 22.7 Å². The summed E-state index contributed by atoms with van der Waals surface area (Å²) in [6.07, 6.45) is 0. The first-order valence-corrected chi connectivity index (χ1v) is 17.3. The Morgan fingerprint density at radius 1 is 0.632 bits per heavy atom. The highest BCUT2D eigenvalue weighted by Gasteiger charge is 2.20. The molecule has 0 aliphatic rings. The first-order valence-electron chi connectivity index (χ1n) is 17.3. The monoisotopic (exact) mass is 768 g/mol. The number of Topliss-reactive ketones (excluding diaryl/α,β-unsaturated/α-hetero) is 1. The zero-order valence-corrected chi connectivity index (χ0v) is 31.5. The minimum Gasteiger partial charge on any atom is -0.510 e. The maximum absolute atomic E-state index is 13.1. The average molecular weight is 769 g/mol. The molecule has 0 atom stereocenters. The van der Waals surface area contributed by atoms with Gasteiger partial charge >= 0.3 is 5.97 Å². The Kier molecular flexibility index (Phi) is 15.4. The quantitative estimate of drug-likeness (QED) is 0.0271. The van der Waals surface area contributed by atoms with Gasteiger partial charge in [-0.15, -0.1) is 15.3 Å². The van der Waals surface area contributed by atoms with Crippen molar-refractivity contribution in [1.29, 1.82) is 0 Å². The number of amides is 2. The number of carbonyl (C=O) groups is 4. The molecule has 2 amide bonds. The number of azo groups is 2. The number of hydrogen-bond donors (Lipinski definition) is 5. The van der Waals surface area contributed by atoms with Crippen LogP contribution in [-0.4, -0.2) is 52.6 Å². The third-order valence-corrected chi connectivity index (χ3v) is 7.81. The molecule has 290 valence electrons. The second-order valence-electron chi connectivity index (χ2n) is 12.2. The summed E-state index contributed by atoms with van der Waals surface area (Å²) < 4.78 is 4.75. The molecule has 5 N–H and O–H groups in total. The number of benzene rings is 5. The van der Waals surface area contributed by atoms with Gasteiger partial charge in [-0.1, -0.05) is 90.0 Å². The summed E-state index contributed by atoms with van der Waals surface area (Å²) in [5.41, 5.74) is 3.50. The highest BCUT2D eigenvalue weighted by atomic mass is 16.5. The van der Waals surface area contributed by atoms with Gasteiger partial charge in [0.15, 0.2) is 22.9 Å². The second-order valence-corrected chi connectivity index (χ2v) is 12.2. The summed E-state index contributed by atoms with van der Waals surface area (Å²) >= 11 is 0. The maximum atomic E-state index is 13.1. The molecule has 5 rings (SSSR count). The van der Waals surface area contributed by atoms with Crippen molar-refractivity contribution in [1.82, 2.24) is 0 Å². The van der Waals surface area contributed by atoms with E-state index < -0.39 is 41.6 Å². The van der Waals surface area contributed by atoms with Gasteiger partial charge in [0.25, 0.3) is 11.8 Å². The number of nitrogens with zero attached hydrogens (tertiary/aromatic N) is 4. The molecule has 14 nitrogen and oxygen atoms in total. The van der Waals surface area contributed by atoms with E-state index in [1.54, 1.807) is 91.0 Å². The molecule has 0 bridgehead atoms. The van der Waals surface area contributed by atoms with Gasteiger partial charge in [-0.25, -0.2) is 4.79 Å². The normalized spacial score (nSPS) is 11.8. The van der Waals surface area contributed by atoms with Crippen molar-refractivity contribution in [3.05, 3.63) is 172 Å². The van der Waals surface area contributed by atoms with Crippen LogP contribution < -0.4 is 10.6 Å². The molecule has 5 aromatic carbocycles. The van der Waals surface area contributed by atoms with E-state index in [-0.39, 0.29) is 28.3 Å². The van der Waals surface area contributed by atoms with E-state index in [4.69, 9.17) is 9.84 Å². The highest BCUT2D eigenvalue weighted by Crippen LogP contribution is 2.26. The Labute approximate surface area is 328 Å². The van der Waals surface area contributed by atoms with Crippen molar-refractivity contribution in [3.63, 3.8) is 0 Å². The van der Waals surface area contributed by atoms with Gasteiger partial charge in [0.2, 0.25) is 0 Å². The number of aryl methyl sites for hydroxylation is 2. The standard InChI is InChI=1S/C26H23N3O6.C17H17N3O2/c1-16-8-10-17(11-9-16)24(32)23(25(33)27-19-6-4-3-5-7-19)29-28-21-14-18(22(31)15-30)12-13-20(21)26(34)35-2;1-12-8-10-15(11-9-12)19-20-16(13(2)21)17(22)18-14-6-4-3-5-7-14/h3-14,30,32H,15H2,1-2H3,(H,27,33);3-11,21H,1-2H3,(H,18,22). The topological polar surface area (TPSA) is 212 Å². The molecular weight excluding hydrogens is 729 g/mol. The van der Waals surface area contributed by atoms with Gasteiger partial charge in [0.1, 0.15) is 18.1 Å². The molecule has 0 radical (unpaired) electrons. The van der Waals surface area contributed by atoms with Crippen molar-refractivity contribution in [2.24, 2.45) is 20.5 Å². The molecule has 0 saturated heterocycles. The molecule has 0 aliphatic heterocycles. The highest BCUT2D eigenvalue weighted by molar-refractivity contribution is 6.08. The van der Waals surface area contributed by atoms with E-state index in [1.165, 1.54) is 32.2 Å². The maximum Gasteiger partial charge on any atom is 0.340 e. The number of hydrogen-bond acceptors (Lipinski definition) is 12. The van der Waals surface area contributed by atoms with E-state index in [9.17, 15) is 29.4 Å². The summed E-state index contributed by atoms with van der Waals surface area (Å²) in [6, 6.07) is 35.5. The van der Waals surface area contributed by atoms with E-state index in [1.807, 2.05) is 32.0 Å². The molecule has 0 aromatic heterocycles. The number of anilines is 2. The Morgan fingerprint density at radius 3 is 1.63 bits per heavy atom. The number of aliphatic hydroxyl groups excluding tert-OH is 3. The average Bonchev–Trinajstić information content (AvgIpc) is 3.22. The van der Waals surface area contributed by atoms with Crippen molar-refractivity contribution in [3.8, 4) is 0 Å². The molecule has 0 spiro atoms. The fraction of sp³-hybridized carbons (Fsp3) is 0.116. The number of carbonyl (C=O) groups excluding carboxylic acids is 4. The third-order valence-electron chi connectivity index (χ3n) is 7.81. The fourth-order valence-corrected chi connectivity index (χ4v) is 4.74. The van der Waals surface area contributed by atoms with E-state index in [0.717, 1.165) is 11.1 Å². The molecule has 5 aromatic rings. The van der Waals surface area contributed by atoms with Crippen LogP contribution >= 0.6 is 0 Å². The van der Waals surface area contributed by atoms with Gasteiger partial charge in [0, 0.05) is 22.5 Å². The SMILES string of the molecule is CC(O)=C(N=Nc1ccc(C)cc1)C(=O)Nc1ccccc1.COC(=O)c1ccc(C(=O)CO)cc1N=NC(C(=O)Nc1ccccc1)=C(O)c1ccc(C)cc1. The number of aliphatic hydroxyl groups is 3. The van der Waals surface area contributed by atoms with Gasteiger partial charge in [-0.3, -0.25) is 14.4 Å². The lowest BCUT2D eigenvalue weighted by atomic mass is 10.1. The molecule has 57 heavy (non-hydrogen) atoms. The van der Waals surface area contributed by atoms with Crippen LogP contribution in [0.3, 0.4) is 0 Å². The summed E-state index contributed by atoms with van der Waals surface area (Å²) in [5.74, 6) is -3.24. The number of para-hydroxylation sites is 2. The van der Waals surface area contributed by atoms with Crippen molar-refractivity contribution in [2.45, 2.75) is 20.8 Å². The Bertz CT molecular complexity index is 2320. The van der Waals surface area contributed by atoms with Crippen LogP contribution in [0.15, 0.2) is 165 Å². The number of methoxy groups -OCH3 is 1. The Morgan fingerprint density at radius 2 is 1.12 bits per heavy atom. The summed E-state index contributed by atoms with van der Waals surface area (Å²) in [4.78, 5) is 49.3. The largest absolute Gasteiger partial charge is 0.510 e. The Balaban J connectivity index is 0.000000281. The number of allylic oxidation sites excluding steroid dienone is 1. The molecular formula is C43H40N6O8. The summed E-state index contributed by atoms with van der Waals surface area (Å²) in [5, 5.41) is 50.8. The number of ether oxygens (including phenoxy) is 1. The number of esters is 1. The minimum absolute atomic E-state index is 0.0246. The zero-order chi connectivity index (χ0) is 41.3. The van der Waals surface area contributed by atoms with E-state index in [2.05, 4.69) is 31.1 Å². The van der Waals surface area contributed by atoms with Gasteiger partial charge in [0.05, 0.1) is 18.4 Å². The molecule has 0 aliphatic carbocycles. The first kappa shape index (κ1) is 42.2. The van der Waals surface area contributed by atoms with Crippen LogP contribution in [0.25, 0.3) is 5.76 Å². The lowest BCUT2D eigenvalue weighted by molar-refractivity contribution is -0.113.